The highest BCUT2D eigenvalue weighted by Crippen LogP contribution is 2.13. The van der Waals surface area contributed by atoms with Crippen molar-refractivity contribution in [2.24, 2.45) is 5.73 Å². The van der Waals surface area contributed by atoms with E-state index in [-0.39, 0.29) is 11.9 Å². The Kier molecular flexibility index (Phi) is 3.25. The van der Waals surface area contributed by atoms with Gasteiger partial charge in [0.1, 0.15) is 5.82 Å². The second-order valence-corrected chi connectivity index (χ2v) is 3.32. The number of anilines is 1. The normalized spacial score (nSPS) is 12.6. The van der Waals surface area contributed by atoms with Crippen LogP contribution in [-0.2, 0) is 0 Å². The maximum atomic E-state index is 13.0. The van der Waals surface area contributed by atoms with Gasteiger partial charge in [-0.1, -0.05) is 6.07 Å². The Labute approximate surface area is 77.9 Å². The second-order valence-electron chi connectivity index (χ2n) is 3.32. The minimum atomic E-state index is -0.185. The predicted octanol–water partition coefficient (Wildman–Crippen LogP) is 1.89. The minimum absolute atomic E-state index is 0.0735. The van der Waals surface area contributed by atoms with Crippen LogP contribution in [0.3, 0.4) is 0 Å². The Balaban J connectivity index is 2.63. The van der Waals surface area contributed by atoms with Gasteiger partial charge in [-0.2, -0.15) is 0 Å². The molecule has 1 unspecified atom stereocenters. The summed E-state index contributed by atoms with van der Waals surface area (Å²) in [6.45, 7) is 4.30. The highest BCUT2D eigenvalue weighted by molar-refractivity contribution is 5.45. The predicted molar refractivity (Wildman–Crippen MR) is 53.3 cm³/mol. The van der Waals surface area contributed by atoms with Crippen molar-refractivity contribution in [2.45, 2.75) is 19.9 Å². The zero-order valence-corrected chi connectivity index (χ0v) is 7.97. The number of halogens is 1. The summed E-state index contributed by atoms with van der Waals surface area (Å²) in [5, 5.41) is 3.05. The molecule has 3 heteroatoms. The van der Waals surface area contributed by atoms with Gasteiger partial charge in [0.25, 0.3) is 0 Å². The number of benzene rings is 1. The average Bonchev–Trinajstić information content (AvgIpc) is 2.07. The minimum Gasteiger partial charge on any atom is -0.383 e. The van der Waals surface area contributed by atoms with E-state index in [1.54, 1.807) is 13.0 Å². The number of hydrogen-bond donors (Lipinski definition) is 2. The van der Waals surface area contributed by atoms with Crippen molar-refractivity contribution in [2.75, 3.05) is 11.9 Å². The maximum Gasteiger partial charge on any atom is 0.128 e. The highest BCUT2D eigenvalue weighted by Gasteiger charge is 1.99. The van der Waals surface area contributed by atoms with Crippen LogP contribution >= 0.6 is 0 Å². The first-order valence-electron chi connectivity index (χ1n) is 4.35. The van der Waals surface area contributed by atoms with Crippen molar-refractivity contribution in [1.29, 1.82) is 0 Å². The van der Waals surface area contributed by atoms with E-state index in [2.05, 4.69) is 5.32 Å². The molecule has 1 atom stereocenters. The summed E-state index contributed by atoms with van der Waals surface area (Å²) < 4.78 is 13.0. The lowest BCUT2D eigenvalue weighted by atomic mass is 10.2. The standard InChI is InChI=1S/C10H15FN2/c1-7-3-4-9(5-10(7)11)13-6-8(2)12/h3-5,8,13H,6,12H2,1-2H3. The Morgan fingerprint density at radius 1 is 1.54 bits per heavy atom. The topological polar surface area (TPSA) is 38.0 Å². The number of hydrogen-bond acceptors (Lipinski definition) is 2. The molecule has 0 aliphatic carbocycles. The fourth-order valence-electron chi connectivity index (χ4n) is 0.982. The molecule has 0 spiro atoms. The van der Waals surface area contributed by atoms with Gasteiger partial charge in [-0.05, 0) is 31.5 Å². The third-order valence-electron chi connectivity index (χ3n) is 1.80. The Bertz CT molecular complexity index is 284. The lowest BCUT2D eigenvalue weighted by molar-refractivity contribution is 0.618. The molecular weight excluding hydrogens is 167 g/mol. The summed E-state index contributed by atoms with van der Waals surface area (Å²) in [6, 6.07) is 5.15. The first-order valence-corrected chi connectivity index (χ1v) is 4.35. The van der Waals surface area contributed by atoms with Crippen molar-refractivity contribution in [3.05, 3.63) is 29.6 Å². The van der Waals surface area contributed by atoms with Crippen LogP contribution in [0.25, 0.3) is 0 Å². The Morgan fingerprint density at radius 3 is 2.77 bits per heavy atom. The molecule has 2 nitrogen and oxygen atoms in total. The van der Waals surface area contributed by atoms with Gasteiger partial charge in [0, 0.05) is 18.3 Å². The molecule has 1 rings (SSSR count). The first kappa shape index (κ1) is 9.99. The third kappa shape index (κ3) is 3.03. The van der Waals surface area contributed by atoms with Crippen LogP contribution < -0.4 is 11.1 Å². The molecule has 0 amide bonds. The summed E-state index contributed by atoms with van der Waals surface area (Å²) in [6.07, 6.45) is 0. The summed E-state index contributed by atoms with van der Waals surface area (Å²) >= 11 is 0. The number of rotatable bonds is 3. The van der Waals surface area contributed by atoms with Crippen molar-refractivity contribution in [3.8, 4) is 0 Å². The average molecular weight is 182 g/mol. The second kappa shape index (κ2) is 4.23. The third-order valence-corrected chi connectivity index (χ3v) is 1.80. The summed E-state index contributed by atoms with van der Waals surface area (Å²) in [5.41, 5.74) is 6.99. The molecule has 0 saturated carbocycles. The summed E-state index contributed by atoms with van der Waals surface area (Å²) in [4.78, 5) is 0. The van der Waals surface area contributed by atoms with Gasteiger partial charge in [0.15, 0.2) is 0 Å². The van der Waals surface area contributed by atoms with Gasteiger partial charge in [0.2, 0.25) is 0 Å². The van der Waals surface area contributed by atoms with Gasteiger partial charge >= 0.3 is 0 Å². The van der Waals surface area contributed by atoms with Crippen molar-refractivity contribution in [3.63, 3.8) is 0 Å². The molecule has 0 aliphatic heterocycles. The van der Waals surface area contributed by atoms with Gasteiger partial charge in [0.05, 0.1) is 0 Å². The quantitative estimate of drug-likeness (QED) is 0.749. The summed E-state index contributed by atoms with van der Waals surface area (Å²) in [5.74, 6) is -0.185. The maximum absolute atomic E-state index is 13.0. The van der Waals surface area contributed by atoms with Crippen LogP contribution in [-0.4, -0.2) is 12.6 Å². The van der Waals surface area contributed by atoms with Crippen LogP contribution in [0, 0.1) is 12.7 Å². The highest BCUT2D eigenvalue weighted by atomic mass is 19.1. The van der Waals surface area contributed by atoms with Crippen molar-refractivity contribution >= 4 is 5.69 Å². The number of nitrogens with one attached hydrogen (secondary N) is 1. The van der Waals surface area contributed by atoms with Crippen LogP contribution in [0.15, 0.2) is 18.2 Å². The fraction of sp³-hybridized carbons (Fsp3) is 0.400. The Hall–Kier alpha value is -1.09. The molecule has 0 radical (unpaired) electrons. The van der Waals surface area contributed by atoms with E-state index in [0.717, 1.165) is 5.69 Å². The monoisotopic (exact) mass is 182 g/mol. The SMILES string of the molecule is Cc1ccc(NCC(C)N)cc1F. The molecule has 3 N–H and O–H groups in total. The zero-order valence-electron chi connectivity index (χ0n) is 7.97. The van der Waals surface area contributed by atoms with Gasteiger partial charge in [-0.25, -0.2) is 4.39 Å². The molecule has 1 aromatic carbocycles. The van der Waals surface area contributed by atoms with Crippen molar-refractivity contribution < 1.29 is 4.39 Å². The van der Waals surface area contributed by atoms with E-state index in [9.17, 15) is 4.39 Å². The van der Waals surface area contributed by atoms with E-state index in [1.807, 2.05) is 13.0 Å². The largest absolute Gasteiger partial charge is 0.383 e. The fourth-order valence-corrected chi connectivity index (χ4v) is 0.982. The smallest absolute Gasteiger partial charge is 0.128 e. The zero-order chi connectivity index (χ0) is 9.84. The first-order chi connectivity index (χ1) is 6.09. The van der Waals surface area contributed by atoms with Crippen LogP contribution in [0.2, 0.25) is 0 Å². The van der Waals surface area contributed by atoms with E-state index in [1.165, 1.54) is 6.07 Å². The van der Waals surface area contributed by atoms with Crippen LogP contribution in [0.4, 0.5) is 10.1 Å². The molecular formula is C10H15FN2. The molecule has 13 heavy (non-hydrogen) atoms. The van der Waals surface area contributed by atoms with Crippen molar-refractivity contribution in [1.82, 2.24) is 0 Å². The molecule has 0 aromatic heterocycles. The van der Waals surface area contributed by atoms with E-state index >= 15 is 0 Å². The van der Waals surface area contributed by atoms with Gasteiger partial charge in [-0.15, -0.1) is 0 Å². The summed E-state index contributed by atoms with van der Waals surface area (Å²) in [7, 11) is 0. The molecule has 0 bridgehead atoms. The molecule has 0 aliphatic rings. The van der Waals surface area contributed by atoms with E-state index in [4.69, 9.17) is 5.73 Å². The molecule has 0 saturated heterocycles. The van der Waals surface area contributed by atoms with E-state index < -0.39 is 0 Å². The van der Waals surface area contributed by atoms with Gasteiger partial charge in [-0.3, -0.25) is 0 Å². The molecule has 1 aromatic rings. The number of aryl methyl sites for hydroxylation is 1. The van der Waals surface area contributed by atoms with E-state index in [0.29, 0.717) is 12.1 Å². The Morgan fingerprint density at radius 2 is 2.23 bits per heavy atom. The molecule has 0 fully saturated rings. The molecule has 72 valence electrons. The number of nitrogens with two attached hydrogens (primary N) is 1. The van der Waals surface area contributed by atoms with Gasteiger partial charge < -0.3 is 11.1 Å². The van der Waals surface area contributed by atoms with Crippen LogP contribution in [0.1, 0.15) is 12.5 Å². The van der Waals surface area contributed by atoms with Crippen LogP contribution in [0.5, 0.6) is 0 Å². The lowest BCUT2D eigenvalue weighted by Gasteiger charge is -2.09. The lowest BCUT2D eigenvalue weighted by Crippen LogP contribution is -2.25. The molecule has 0 heterocycles.